The van der Waals surface area contributed by atoms with E-state index >= 15 is 0 Å². The molecule has 1 aliphatic heterocycles. The lowest BCUT2D eigenvalue weighted by molar-refractivity contribution is -0.155. The van der Waals surface area contributed by atoms with E-state index in [0.29, 0.717) is 67.2 Å². The topological polar surface area (TPSA) is 95.3 Å². The molecule has 3 aromatic rings. The lowest BCUT2D eigenvalue weighted by Gasteiger charge is -2.32. The molecule has 2 aliphatic rings. The Morgan fingerprint density at radius 1 is 1.11 bits per heavy atom. The molecular formula is C27H26ClNO7. The molecule has 36 heavy (non-hydrogen) atoms. The second-order valence-electron chi connectivity index (χ2n) is 8.99. The Bertz CT molecular complexity index is 1340. The maximum absolute atomic E-state index is 12.9. The fraction of sp³-hybridized carbons (Fsp3) is 0.370. The van der Waals surface area contributed by atoms with Crippen molar-refractivity contribution in [3.63, 3.8) is 0 Å². The number of amides is 1. The molecule has 1 saturated carbocycles. The second kappa shape index (κ2) is 10.3. The summed E-state index contributed by atoms with van der Waals surface area (Å²) < 4.78 is 22.2. The van der Waals surface area contributed by atoms with Crippen molar-refractivity contribution in [3.8, 4) is 17.1 Å². The number of esters is 1. The molecule has 2 fully saturated rings. The first kappa shape index (κ1) is 24.3. The largest absolute Gasteiger partial charge is 0.491 e. The number of anilines is 1. The molecule has 2 aromatic carbocycles. The van der Waals surface area contributed by atoms with Gasteiger partial charge in [0.15, 0.2) is 11.0 Å². The number of hydrogen-bond donors (Lipinski definition) is 0. The van der Waals surface area contributed by atoms with E-state index in [1.54, 1.807) is 41.3 Å². The van der Waals surface area contributed by atoms with Gasteiger partial charge in [0, 0.05) is 30.3 Å². The summed E-state index contributed by atoms with van der Waals surface area (Å²) in [6, 6.07) is 11.9. The van der Waals surface area contributed by atoms with Gasteiger partial charge in [0.25, 0.3) is 0 Å². The highest BCUT2D eigenvalue weighted by molar-refractivity contribution is 6.35. The van der Waals surface area contributed by atoms with Crippen molar-refractivity contribution < 1.29 is 28.2 Å². The minimum atomic E-state index is -0.232. The van der Waals surface area contributed by atoms with Crippen LogP contribution in [0.15, 0.2) is 51.7 Å². The third kappa shape index (κ3) is 4.96. The minimum absolute atomic E-state index is 0.0236. The van der Waals surface area contributed by atoms with E-state index in [0.717, 1.165) is 6.42 Å². The van der Waals surface area contributed by atoms with E-state index in [9.17, 15) is 14.4 Å². The molecule has 9 heteroatoms. The number of fused-ring (bicyclic) bond motifs is 1. The first-order valence-electron chi connectivity index (χ1n) is 11.9. The molecule has 0 atom stereocenters. The monoisotopic (exact) mass is 511 g/mol. The Hall–Kier alpha value is -3.36. The van der Waals surface area contributed by atoms with Gasteiger partial charge in [0.2, 0.25) is 5.91 Å². The van der Waals surface area contributed by atoms with Crippen molar-refractivity contribution in [3.05, 3.63) is 57.7 Å². The van der Waals surface area contributed by atoms with E-state index in [4.69, 9.17) is 30.2 Å². The van der Waals surface area contributed by atoms with E-state index in [2.05, 4.69) is 0 Å². The minimum Gasteiger partial charge on any atom is -0.491 e. The molecule has 188 valence electrons. The Labute approximate surface area is 212 Å². The molecule has 0 radical (unpaired) electrons. The first-order valence-corrected chi connectivity index (χ1v) is 12.3. The van der Waals surface area contributed by atoms with Gasteiger partial charge in [-0.25, -0.2) is 0 Å². The molecule has 1 aliphatic carbocycles. The van der Waals surface area contributed by atoms with Crippen LogP contribution in [0.25, 0.3) is 22.3 Å². The number of hydrogen-bond acceptors (Lipinski definition) is 7. The van der Waals surface area contributed by atoms with Crippen LogP contribution in [0.4, 0.5) is 5.69 Å². The number of rotatable bonds is 8. The van der Waals surface area contributed by atoms with Gasteiger partial charge in [-0.15, -0.1) is 0 Å². The first-order chi connectivity index (χ1) is 17.4. The quantitative estimate of drug-likeness (QED) is 0.322. The zero-order valence-corrected chi connectivity index (χ0v) is 20.6. The smallest absolute Gasteiger partial charge is 0.308 e. The Balaban J connectivity index is 1.22. The van der Waals surface area contributed by atoms with E-state index in [-0.39, 0.29) is 39.9 Å². The normalized spacial score (nSPS) is 19.4. The number of ether oxygens (including phenoxy) is 3. The van der Waals surface area contributed by atoms with Gasteiger partial charge in [0.05, 0.1) is 36.1 Å². The molecule has 2 heterocycles. The zero-order chi connectivity index (χ0) is 25.2. The average Bonchev–Trinajstić information content (AvgIpc) is 3.29. The van der Waals surface area contributed by atoms with Crippen molar-refractivity contribution in [2.75, 3.05) is 31.8 Å². The fourth-order valence-electron chi connectivity index (χ4n) is 4.57. The molecule has 0 bridgehead atoms. The van der Waals surface area contributed by atoms with Crippen LogP contribution in [0.2, 0.25) is 5.02 Å². The maximum atomic E-state index is 12.9. The van der Waals surface area contributed by atoms with Crippen LogP contribution in [-0.2, 0) is 19.1 Å². The number of halogens is 1. The second-order valence-corrected chi connectivity index (χ2v) is 9.39. The summed E-state index contributed by atoms with van der Waals surface area (Å²) >= 11 is 6.46. The third-order valence-electron chi connectivity index (χ3n) is 6.63. The van der Waals surface area contributed by atoms with Crippen LogP contribution >= 0.6 is 11.6 Å². The zero-order valence-electron chi connectivity index (χ0n) is 19.8. The highest BCUT2D eigenvalue weighted by Crippen LogP contribution is 2.33. The summed E-state index contributed by atoms with van der Waals surface area (Å²) in [5.74, 6) is 0.827. The van der Waals surface area contributed by atoms with Crippen molar-refractivity contribution in [1.29, 1.82) is 0 Å². The molecule has 0 spiro atoms. The summed E-state index contributed by atoms with van der Waals surface area (Å²) in [5, 5.41) is 0.621. The molecule has 1 amide bonds. The predicted molar refractivity (Wildman–Crippen MR) is 134 cm³/mol. The fourth-order valence-corrected chi connectivity index (χ4v) is 4.82. The highest BCUT2D eigenvalue weighted by Gasteiger charge is 2.35. The van der Waals surface area contributed by atoms with Crippen molar-refractivity contribution in [1.82, 2.24) is 0 Å². The van der Waals surface area contributed by atoms with Gasteiger partial charge in [-0.05, 0) is 55.7 Å². The number of carbonyl (C=O) groups is 2. The Kier molecular flexibility index (Phi) is 6.98. The molecule has 0 unspecified atom stereocenters. The van der Waals surface area contributed by atoms with Crippen molar-refractivity contribution >= 4 is 40.1 Å². The molecule has 8 nitrogen and oxygen atoms in total. The predicted octanol–water partition coefficient (Wildman–Crippen LogP) is 4.59. The molecule has 0 N–H and O–H groups in total. The lowest BCUT2D eigenvalue weighted by Crippen LogP contribution is -2.37. The van der Waals surface area contributed by atoms with E-state index < -0.39 is 0 Å². The van der Waals surface area contributed by atoms with Crippen LogP contribution in [0.3, 0.4) is 0 Å². The molecule has 1 aromatic heterocycles. The SMILES string of the molecule is COC(=O)C1CC(OCCOc2ccc(-c3cc(=O)c4cc(N5CCCC5=O)cc(Cl)c4o3)cc2)C1. The van der Waals surface area contributed by atoms with Crippen molar-refractivity contribution in [2.24, 2.45) is 5.92 Å². The number of nitrogens with zero attached hydrogens (tertiary/aromatic N) is 1. The van der Waals surface area contributed by atoms with Crippen LogP contribution in [-0.4, -0.2) is 44.8 Å². The van der Waals surface area contributed by atoms with Crippen LogP contribution in [0, 0.1) is 5.92 Å². The van der Waals surface area contributed by atoms with Crippen LogP contribution < -0.4 is 15.1 Å². The third-order valence-corrected chi connectivity index (χ3v) is 6.91. The van der Waals surface area contributed by atoms with Gasteiger partial charge in [-0.3, -0.25) is 14.4 Å². The number of benzene rings is 2. The molecule has 5 rings (SSSR count). The number of carbonyl (C=O) groups excluding carboxylic acids is 2. The number of methoxy groups -OCH3 is 1. The summed E-state index contributed by atoms with van der Waals surface area (Å²) in [5.41, 5.74) is 1.37. The molecule has 1 saturated heterocycles. The lowest BCUT2D eigenvalue weighted by atomic mass is 9.82. The van der Waals surface area contributed by atoms with Gasteiger partial charge >= 0.3 is 5.97 Å². The molecular weight excluding hydrogens is 486 g/mol. The standard InChI is InChI=1S/C27H26ClNO7/c1-33-27(32)17-11-20(12-17)35-10-9-34-19-6-4-16(5-7-19)24-15-23(30)21-13-18(14-22(28)26(21)36-24)29-8-2-3-25(29)31/h4-7,13-15,17,20H,2-3,8-12H2,1H3. The van der Waals surface area contributed by atoms with Crippen LogP contribution in [0.1, 0.15) is 25.7 Å². The summed E-state index contributed by atoms with van der Waals surface area (Å²) in [4.78, 5) is 38.0. The maximum Gasteiger partial charge on any atom is 0.308 e. The van der Waals surface area contributed by atoms with Gasteiger partial charge < -0.3 is 23.5 Å². The Morgan fingerprint density at radius 2 is 1.89 bits per heavy atom. The van der Waals surface area contributed by atoms with E-state index in [1.807, 2.05) is 0 Å². The Morgan fingerprint density at radius 3 is 2.58 bits per heavy atom. The van der Waals surface area contributed by atoms with Crippen LogP contribution in [0.5, 0.6) is 5.75 Å². The highest BCUT2D eigenvalue weighted by atomic mass is 35.5. The van der Waals surface area contributed by atoms with Crippen molar-refractivity contribution in [2.45, 2.75) is 31.8 Å². The average molecular weight is 512 g/mol. The summed E-state index contributed by atoms with van der Waals surface area (Å²) in [7, 11) is 1.40. The van der Waals surface area contributed by atoms with Gasteiger partial charge in [-0.2, -0.15) is 0 Å². The van der Waals surface area contributed by atoms with Gasteiger partial charge in [0.1, 0.15) is 18.1 Å². The summed E-state index contributed by atoms with van der Waals surface area (Å²) in [6.45, 7) is 1.41. The summed E-state index contributed by atoms with van der Waals surface area (Å²) in [6.07, 6.45) is 2.70. The van der Waals surface area contributed by atoms with E-state index in [1.165, 1.54) is 13.2 Å². The van der Waals surface area contributed by atoms with Gasteiger partial charge in [-0.1, -0.05) is 11.6 Å².